The quantitative estimate of drug-likeness (QED) is 0.879. The largest absolute Gasteiger partial charge is 0.481 e. The van der Waals surface area contributed by atoms with Crippen molar-refractivity contribution in [1.82, 2.24) is 15.6 Å². The van der Waals surface area contributed by atoms with Gasteiger partial charge in [0.1, 0.15) is 0 Å². The number of ether oxygens (including phenoxy) is 1. The fraction of sp³-hybridized carbons (Fsp3) is 0.538. The van der Waals surface area contributed by atoms with Gasteiger partial charge in [-0.2, -0.15) is 13.2 Å². The number of carbonyl (C=O) groups excluding carboxylic acids is 1. The molecule has 2 N–H and O–H groups in total. The van der Waals surface area contributed by atoms with Gasteiger partial charge in [0.25, 0.3) is 0 Å². The lowest BCUT2D eigenvalue weighted by Gasteiger charge is -2.29. The van der Waals surface area contributed by atoms with Crippen molar-refractivity contribution in [2.24, 2.45) is 5.41 Å². The molecule has 1 amide bonds. The summed E-state index contributed by atoms with van der Waals surface area (Å²) < 4.78 is 44.4. The van der Waals surface area contributed by atoms with Crippen molar-refractivity contribution in [3.05, 3.63) is 23.9 Å². The first-order chi connectivity index (χ1) is 9.89. The van der Waals surface area contributed by atoms with E-state index in [9.17, 15) is 18.0 Å². The Morgan fingerprint density at radius 3 is 2.76 bits per heavy atom. The maximum Gasteiger partial charge on any atom is 0.404 e. The van der Waals surface area contributed by atoms with Gasteiger partial charge < -0.3 is 15.4 Å². The Morgan fingerprint density at radius 1 is 1.52 bits per heavy atom. The highest BCUT2D eigenvalue weighted by Crippen LogP contribution is 2.43. The number of nitrogens with zero attached hydrogens (tertiary/aromatic N) is 1. The molecule has 1 fully saturated rings. The number of amides is 1. The van der Waals surface area contributed by atoms with Gasteiger partial charge in [-0.25, -0.2) is 4.98 Å². The van der Waals surface area contributed by atoms with Gasteiger partial charge in [-0.1, -0.05) is 6.07 Å². The Balaban J connectivity index is 2.02. The summed E-state index contributed by atoms with van der Waals surface area (Å²) in [6.07, 6.45) is -3.37. The predicted molar refractivity (Wildman–Crippen MR) is 68.6 cm³/mol. The van der Waals surface area contributed by atoms with Crippen LogP contribution in [0, 0.1) is 5.41 Å². The summed E-state index contributed by atoms with van der Waals surface area (Å²) in [6.45, 7) is -0.214. The fourth-order valence-electron chi connectivity index (χ4n) is 2.24. The van der Waals surface area contributed by atoms with Crippen LogP contribution in [0.5, 0.6) is 5.88 Å². The lowest BCUT2D eigenvalue weighted by Crippen LogP contribution is -2.52. The molecule has 1 saturated heterocycles. The number of hydrogen-bond donors (Lipinski definition) is 2. The zero-order valence-corrected chi connectivity index (χ0v) is 11.5. The molecule has 1 unspecified atom stereocenters. The topological polar surface area (TPSA) is 63.2 Å². The van der Waals surface area contributed by atoms with Gasteiger partial charge in [0.2, 0.25) is 11.8 Å². The third-order valence-electron chi connectivity index (χ3n) is 3.59. The van der Waals surface area contributed by atoms with Gasteiger partial charge in [0.15, 0.2) is 5.41 Å². The van der Waals surface area contributed by atoms with Crippen molar-refractivity contribution in [2.45, 2.75) is 19.1 Å². The average Bonchev–Trinajstić information content (AvgIpc) is 2.96. The van der Waals surface area contributed by atoms with Crippen LogP contribution in [0.1, 0.15) is 12.0 Å². The molecule has 2 heterocycles. The standard InChI is InChI=1S/C13H16F3N3O2/c1-21-10-3-2-9(6-18-10)7-19-11(20)12(13(14,15)16)4-5-17-8-12/h2-3,6,17H,4-5,7-8H2,1H3,(H,19,20). The van der Waals surface area contributed by atoms with Crippen molar-refractivity contribution in [3.8, 4) is 5.88 Å². The minimum atomic E-state index is -4.57. The van der Waals surface area contributed by atoms with E-state index in [1.807, 2.05) is 0 Å². The Morgan fingerprint density at radius 2 is 2.29 bits per heavy atom. The van der Waals surface area contributed by atoms with Gasteiger partial charge in [-0.3, -0.25) is 4.79 Å². The van der Waals surface area contributed by atoms with E-state index in [0.717, 1.165) is 0 Å². The molecule has 1 aliphatic heterocycles. The zero-order chi connectivity index (χ0) is 15.5. The normalized spacial score (nSPS) is 22.1. The second-order valence-corrected chi connectivity index (χ2v) is 4.90. The van der Waals surface area contributed by atoms with Crippen LogP contribution >= 0.6 is 0 Å². The number of carbonyl (C=O) groups is 1. The zero-order valence-electron chi connectivity index (χ0n) is 11.5. The Labute approximate surface area is 119 Å². The first-order valence-corrected chi connectivity index (χ1v) is 6.44. The second-order valence-electron chi connectivity index (χ2n) is 4.90. The summed E-state index contributed by atoms with van der Waals surface area (Å²) in [5.74, 6) is -0.604. The molecule has 0 aliphatic carbocycles. The van der Waals surface area contributed by atoms with Crippen molar-refractivity contribution < 1.29 is 22.7 Å². The highest BCUT2D eigenvalue weighted by atomic mass is 19.4. The summed E-state index contributed by atoms with van der Waals surface area (Å²) in [6, 6.07) is 3.22. The monoisotopic (exact) mass is 303 g/mol. The molecular formula is C13H16F3N3O2. The molecule has 5 nitrogen and oxygen atoms in total. The van der Waals surface area contributed by atoms with Crippen molar-refractivity contribution >= 4 is 5.91 Å². The first-order valence-electron chi connectivity index (χ1n) is 6.44. The van der Waals surface area contributed by atoms with Crippen LogP contribution < -0.4 is 15.4 Å². The maximum absolute atomic E-state index is 13.2. The SMILES string of the molecule is COc1ccc(CNC(=O)C2(C(F)(F)F)CCNC2)cn1. The minimum absolute atomic E-state index is 0.00629. The molecule has 116 valence electrons. The number of pyridine rings is 1. The van der Waals surface area contributed by atoms with E-state index in [-0.39, 0.29) is 26.1 Å². The fourth-order valence-corrected chi connectivity index (χ4v) is 2.24. The van der Waals surface area contributed by atoms with Crippen LogP contribution in [0.3, 0.4) is 0 Å². The van der Waals surface area contributed by atoms with E-state index in [1.165, 1.54) is 13.3 Å². The van der Waals surface area contributed by atoms with E-state index in [0.29, 0.717) is 11.4 Å². The predicted octanol–water partition coefficient (Wildman–Crippen LogP) is 1.25. The van der Waals surface area contributed by atoms with E-state index in [1.54, 1.807) is 12.1 Å². The Kier molecular flexibility index (Phi) is 4.36. The summed E-state index contributed by atoms with van der Waals surface area (Å²) in [5, 5.41) is 4.95. The number of hydrogen-bond acceptors (Lipinski definition) is 4. The van der Waals surface area contributed by atoms with Crippen LogP contribution in [0.2, 0.25) is 0 Å². The molecule has 8 heteroatoms. The van der Waals surface area contributed by atoms with E-state index in [2.05, 4.69) is 15.6 Å². The molecule has 1 aromatic heterocycles. The molecule has 0 saturated carbocycles. The molecule has 0 spiro atoms. The smallest absolute Gasteiger partial charge is 0.404 e. The molecule has 1 atom stereocenters. The average molecular weight is 303 g/mol. The second kappa shape index (κ2) is 5.88. The van der Waals surface area contributed by atoms with Gasteiger partial charge in [-0.05, 0) is 18.5 Å². The summed E-state index contributed by atoms with van der Waals surface area (Å²) in [7, 11) is 1.46. The van der Waals surface area contributed by atoms with Crippen LogP contribution in [-0.4, -0.2) is 37.3 Å². The van der Waals surface area contributed by atoms with E-state index in [4.69, 9.17) is 4.74 Å². The molecular weight excluding hydrogens is 287 g/mol. The highest BCUT2D eigenvalue weighted by Gasteiger charge is 2.61. The number of halogens is 3. The summed E-state index contributed by atoms with van der Waals surface area (Å²) >= 11 is 0. The number of nitrogens with one attached hydrogen (secondary N) is 2. The van der Waals surface area contributed by atoms with E-state index < -0.39 is 17.5 Å². The number of methoxy groups -OCH3 is 1. The van der Waals surface area contributed by atoms with Crippen molar-refractivity contribution in [3.63, 3.8) is 0 Å². The summed E-state index contributed by atoms with van der Waals surface area (Å²) in [4.78, 5) is 15.9. The number of aromatic nitrogens is 1. The number of alkyl halides is 3. The van der Waals surface area contributed by atoms with Gasteiger partial charge in [-0.15, -0.1) is 0 Å². The van der Waals surface area contributed by atoms with Gasteiger partial charge in [0, 0.05) is 25.4 Å². The Bertz CT molecular complexity index is 496. The molecule has 0 radical (unpaired) electrons. The Hall–Kier alpha value is -1.83. The number of rotatable bonds is 4. The molecule has 0 bridgehead atoms. The highest BCUT2D eigenvalue weighted by molar-refractivity contribution is 5.84. The third-order valence-corrected chi connectivity index (χ3v) is 3.59. The van der Waals surface area contributed by atoms with Crippen LogP contribution in [0.4, 0.5) is 13.2 Å². The van der Waals surface area contributed by atoms with Crippen molar-refractivity contribution in [2.75, 3.05) is 20.2 Å². The van der Waals surface area contributed by atoms with Crippen molar-refractivity contribution in [1.29, 1.82) is 0 Å². The maximum atomic E-state index is 13.2. The van der Waals surface area contributed by atoms with Crippen LogP contribution in [0.15, 0.2) is 18.3 Å². The molecule has 1 aromatic rings. The van der Waals surface area contributed by atoms with Crippen LogP contribution in [-0.2, 0) is 11.3 Å². The summed E-state index contributed by atoms with van der Waals surface area (Å²) in [5.41, 5.74) is -1.74. The van der Waals surface area contributed by atoms with Gasteiger partial charge >= 0.3 is 6.18 Å². The molecule has 0 aromatic carbocycles. The van der Waals surface area contributed by atoms with Gasteiger partial charge in [0.05, 0.1) is 7.11 Å². The molecule has 21 heavy (non-hydrogen) atoms. The lowest BCUT2D eigenvalue weighted by molar-refractivity contribution is -0.216. The van der Waals surface area contributed by atoms with Crippen LogP contribution in [0.25, 0.3) is 0 Å². The lowest BCUT2D eigenvalue weighted by atomic mass is 9.85. The molecule has 1 aliphatic rings. The molecule has 2 rings (SSSR count). The third kappa shape index (κ3) is 3.10. The minimum Gasteiger partial charge on any atom is -0.481 e. The first kappa shape index (κ1) is 15.6. The van der Waals surface area contributed by atoms with E-state index >= 15 is 0 Å².